The highest BCUT2D eigenvalue weighted by atomic mass is 32.2. The molecule has 0 aliphatic carbocycles. The first-order chi connectivity index (χ1) is 16.3. The minimum atomic E-state index is -4.22. The number of benzene rings is 2. The van der Waals surface area contributed by atoms with Crippen molar-refractivity contribution in [2.75, 3.05) is 38.8 Å². The van der Waals surface area contributed by atoms with E-state index in [0.717, 1.165) is 4.31 Å². The van der Waals surface area contributed by atoms with Crippen LogP contribution in [-0.2, 0) is 29.9 Å². The van der Waals surface area contributed by atoms with Crippen LogP contribution in [0.1, 0.15) is 17.5 Å². The highest BCUT2D eigenvalue weighted by molar-refractivity contribution is 7.92. The van der Waals surface area contributed by atoms with Crippen molar-refractivity contribution in [3.05, 3.63) is 47.5 Å². The van der Waals surface area contributed by atoms with Crippen LogP contribution in [0.15, 0.2) is 46.2 Å². The summed E-state index contributed by atoms with van der Waals surface area (Å²) in [5.41, 5.74) is 1.38. The minimum absolute atomic E-state index is 0.0711. The van der Waals surface area contributed by atoms with Crippen molar-refractivity contribution in [2.45, 2.75) is 36.1 Å². The standard InChI is InChI=1S/C22H30N2O8S3/c1-16-5-7-19(31-3)21(13-16)34(27,28)23-10-11-24(18-9-12-33(25,26)15-18)35(29,30)22-14-17(2)6-8-20(22)32-4/h5-8,13-14,18,23H,9-12,15H2,1-4H3/t18-/m1/s1. The van der Waals surface area contributed by atoms with Crippen molar-refractivity contribution >= 4 is 29.9 Å². The molecule has 0 aromatic heterocycles. The molecule has 0 saturated carbocycles. The molecule has 1 aliphatic rings. The Kier molecular flexibility index (Phi) is 8.16. The third-order valence-corrected chi connectivity index (χ3v) is 11.0. The van der Waals surface area contributed by atoms with Crippen LogP contribution < -0.4 is 14.2 Å². The summed E-state index contributed by atoms with van der Waals surface area (Å²) in [6.07, 6.45) is 0.119. The maximum atomic E-state index is 13.7. The van der Waals surface area contributed by atoms with Gasteiger partial charge in [-0.3, -0.25) is 0 Å². The predicted molar refractivity (Wildman–Crippen MR) is 132 cm³/mol. The molecule has 0 amide bonds. The van der Waals surface area contributed by atoms with Gasteiger partial charge >= 0.3 is 0 Å². The van der Waals surface area contributed by atoms with E-state index in [1.165, 1.54) is 38.5 Å². The van der Waals surface area contributed by atoms with Crippen LogP contribution >= 0.6 is 0 Å². The number of methoxy groups -OCH3 is 2. The lowest BCUT2D eigenvalue weighted by Crippen LogP contribution is -2.45. The minimum Gasteiger partial charge on any atom is -0.495 e. The third-order valence-electron chi connectivity index (χ3n) is 5.75. The van der Waals surface area contributed by atoms with Gasteiger partial charge in [-0.25, -0.2) is 30.0 Å². The zero-order chi connectivity index (χ0) is 26.0. The van der Waals surface area contributed by atoms with E-state index in [-0.39, 0.29) is 52.3 Å². The Morgan fingerprint density at radius 3 is 2.00 bits per heavy atom. The second-order valence-corrected chi connectivity index (χ2v) is 14.2. The molecule has 2 aromatic rings. The number of aryl methyl sites for hydroxylation is 2. The molecule has 0 radical (unpaired) electrons. The molecule has 0 bridgehead atoms. The fraction of sp³-hybridized carbons (Fsp3) is 0.455. The molecule has 1 saturated heterocycles. The first-order valence-corrected chi connectivity index (χ1v) is 15.6. The molecule has 0 unspecified atom stereocenters. The number of rotatable bonds is 10. The van der Waals surface area contributed by atoms with Crippen LogP contribution in [0.5, 0.6) is 11.5 Å². The number of hydrogen-bond acceptors (Lipinski definition) is 8. The van der Waals surface area contributed by atoms with Crippen molar-refractivity contribution in [3.8, 4) is 11.5 Å². The van der Waals surface area contributed by atoms with E-state index in [0.29, 0.717) is 11.1 Å². The summed E-state index contributed by atoms with van der Waals surface area (Å²) in [7, 11) is -8.96. The van der Waals surface area contributed by atoms with Crippen molar-refractivity contribution in [1.29, 1.82) is 0 Å². The molecular formula is C22H30N2O8S3. The first-order valence-electron chi connectivity index (χ1n) is 10.8. The highest BCUT2D eigenvalue weighted by Gasteiger charge is 2.40. The number of ether oxygens (including phenoxy) is 2. The molecule has 1 N–H and O–H groups in total. The van der Waals surface area contributed by atoms with Crippen molar-refractivity contribution in [3.63, 3.8) is 0 Å². The summed E-state index contributed by atoms with van der Waals surface area (Å²) in [5.74, 6) is -0.204. The topological polar surface area (TPSA) is 136 Å². The largest absolute Gasteiger partial charge is 0.495 e. The Morgan fingerprint density at radius 1 is 0.943 bits per heavy atom. The SMILES string of the molecule is COc1ccc(C)cc1S(=O)(=O)NCCN([C@@H]1CCS(=O)(=O)C1)S(=O)(=O)c1cc(C)ccc1OC. The number of nitrogens with zero attached hydrogens (tertiary/aromatic N) is 1. The van der Waals surface area contributed by atoms with Crippen molar-refractivity contribution in [2.24, 2.45) is 0 Å². The van der Waals surface area contributed by atoms with Gasteiger partial charge in [-0.1, -0.05) is 12.1 Å². The van der Waals surface area contributed by atoms with Gasteiger partial charge in [0.05, 0.1) is 25.7 Å². The molecule has 0 spiro atoms. The van der Waals surface area contributed by atoms with Gasteiger partial charge in [-0.15, -0.1) is 0 Å². The molecule has 2 aromatic carbocycles. The monoisotopic (exact) mass is 546 g/mol. The van der Waals surface area contributed by atoms with E-state index in [1.54, 1.807) is 26.0 Å². The van der Waals surface area contributed by atoms with Gasteiger partial charge in [0.15, 0.2) is 9.84 Å². The third kappa shape index (κ3) is 6.15. The molecule has 1 fully saturated rings. The Hall–Kier alpha value is -2.19. The lowest BCUT2D eigenvalue weighted by Gasteiger charge is -2.28. The van der Waals surface area contributed by atoms with Crippen molar-refractivity contribution < 1.29 is 34.7 Å². The summed E-state index contributed by atoms with van der Waals surface area (Å²) >= 11 is 0. The highest BCUT2D eigenvalue weighted by Crippen LogP contribution is 2.31. The molecule has 35 heavy (non-hydrogen) atoms. The number of sulfonamides is 2. The van der Waals surface area contributed by atoms with E-state index >= 15 is 0 Å². The van der Waals surface area contributed by atoms with Crippen LogP contribution in [0.25, 0.3) is 0 Å². The van der Waals surface area contributed by atoms with Gasteiger partial charge < -0.3 is 9.47 Å². The lowest BCUT2D eigenvalue weighted by atomic mass is 10.2. The van der Waals surface area contributed by atoms with Crippen LogP contribution in [0, 0.1) is 13.8 Å². The average molecular weight is 547 g/mol. The van der Waals surface area contributed by atoms with Gasteiger partial charge in [0, 0.05) is 19.1 Å². The smallest absolute Gasteiger partial charge is 0.247 e. The van der Waals surface area contributed by atoms with Crippen LogP contribution in [-0.4, -0.2) is 74.4 Å². The van der Waals surface area contributed by atoms with Crippen LogP contribution in [0.3, 0.4) is 0 Å². The molecule has 1 aliphatic heterocycles. The number of hydrogen-bond donors (Lipinski definition) is 1. The van der Waals surface area contributed by atoms with Gasteiger partial charge in [-0.05, 0) is 55.7 Å². The average Bonchev–Trinajstić information content (AvgIpc) is 3.15. The Bertz CT molecular complexity index is 1400. The van der Waals surface area contributed by atoms with E-state index in [2.05, 4.69) is 4.72 Å². The molecule has 1 atom stereocenters. The Morgan fingerprint density at radius 2 is 1.49 bits per heavy atom. The van der Waals surface area contributed by atoms with E-state index in [4.69, 9.17) is 9.47 Å². The second-order valence-electron chi connectivity index (χ2n) is 8.38. The Labute approximate surface area is 207 Å². The summed E-state index contributed by atoms with van der Waals surface area (Å²) in [4.78, 5) is -0.175. The van der Waals surface area contributed by atoms with Crippen LogP contribution in [0.4, 0.5) is 0 Å². The fourth-order valence-electron chi connectivity index (χ4n) is 3.98. The number of sulfone groups is 1. The molecule has 194 valence electrons. The predicted octanol–water partition coefficient (Wildman–Crippen LogP) is 1.48. The molecule has 13 heteroatoms. The van der Waals surface area contributed by atoms with Gasteiger partial charge in [0.2, 0.25) is 20.0 Å². The quantitative estimate of drug-likeness (QED) is 0.473. The molecule has 1 heterocycles. The van der Waals surface area contributed by atoms with Gasteiger partial charge in [-0.2, -0.15) is 4.31 Å². The van der Waals surface area contributed by atoms with Crippen LogP contribution in [0.2, 0.25) is 0 Å². The van der Waals surface area contributed by atoms with Gasteiger partial charge in [0.25, 0.3) is 0 Å². The molecular weight excluding hydrogens is 516 g/mol. The number of nitrogens with one attached hydrogen (secondary N) is 1. The molecule has 3 rings (SSSR count). The Balaban J connectivity index is 1.92. The maximum absolute atomic E-state index is 13.7. The maximum Gasteiger partial charge on any atom is 0.247 e. The zero-order valence-electron chi connectivity index (χ0n) is 20.0. The normalized spacial score (nSPS) is 18.0. The van der Waals surface area contributed by atoms with Crippen molar-refractivity contribution in [1.82, 2.24) is 9.03 Å². The molecule has 10 nitrogen and oxygen atoms in total. The summed E-state index contributed by atoms with van der Waals surface area (Å²) in [6.45, 7) is 2.92. The summed E-state index contributed by atoms with van der Waals surface area (Å²) < 4.78 is 91.4. The zero-order valence-corrected chi connectivity index (χ0v) is 22.5. The van der Waals surface area contributed by atoms with E-state index in [9.17, 15) is 25.3 Å². The van der Waals surface area contributed by atoms with Gasteiger partial charge in [0.1, 0.15) is 21.3 Å². The second kappa shape index (κ2) is 10.4. The van der Waals surface area contributed by atoms with E-state index < -0.39 is 35.9 Å². The lowest BCUT2D eigenvalue weighted by molar-refractivity contribution is 0.339. The fourth-order valence-corrected chi connectivity index (χ4v) is 8.97. The summed E-state index contributed by atoms with van der Waals surface area (Å²) in [6, 6.07) is 8.55. The van der Waals surface area contributed by atoms with E-state index in [1.807, 2.05) is 0 Å². The summed E-state index contributed by atoms with van der Waals surface area (Å²) in [5, 5.41) is 0. The first kappa shape index (κ1) is 27.4.